The highest BCUT2D eigenvalue weighted by Gasteiger charge is 2.18. The van der Waals surface area contributed by atoms with Crippen molar-refractivity contribution in [3.63, 3.8) is 0 Å². The molecule has 0 bridgehead atoms. The van der Waals surface area contributed by atoms with E-state index in [9.17, 15) is 13.6 Å². The number of carboxylic acids is 1. The van der Waals surface area contributed by atoms with Crippen molar-refractivity contribution in [2.24, 2.45) is 5.92 Å². The van der Waals surface area contributed by atoms with E-state index >= 15 is 0 Å². The van der Waals surface area contributed by atoms with Gasteiger partial charge in [-0.15, -0.1) is 0 Å². The summed E-state index contributed by atoms with van der Waals surface area (Å²) in [5.74, 6) is -0.731. The Balaban J connectivity index is 2.14. The number of nitrogens with zero attached hydrogens (tertiary/aromatic N) is 2. The van der Waals surface area contributed by atoms with Crippen LogP contribution in [0.15, 0.2) is 30.5 Å². The Morgan fingerprint density at radius 2 is 2.13 bits per heavy atom. The molecule has 0 radical (unpaired) electrons. The largest absolute Gasteiger partial charge is 0.478 e. The number of anilines is 1. The third-order valence-electron chi connectivity index (χ3n) is 3.21. The van der Waals surface area contributed by atoms with Crippen molar-refractivity contribution >= 4 is 11.7 Å². The minimum Gasteiger partial charge on any atom is -0.478 e. The number of alkyl halides is 2. The van der Waals surface area contributed by atoms with E-state index < -0.39 is 12.4 Å². The van der Waals surface area contributed by atoms with Gasteiger partial charge in [0.1, 0.15) is 0 Å². The van der Waals surface area contributed by atoms with Crippen molar-refractivity contribution in [1.82, 2.24) is 9.78 Å². The molecule has 7 heteroatoms. The monoisotopic (exact) mass is 323 g/mol. The molecule has 1 aromatic heterocycles. The molecule has 5 nitrogen and oxygen atoms in total. The highest BCUT2D eigenvalue weighted by Crippen LogP contribution is 2.26. The number of aromatic carboxylic acids is 1. The van der Waals surface area contributed by atoms with Crippen LogP contribution in [0.2, 0.25) is 0 Å². The normalized spacial score (nSPS) is 11.2. The number of benzene rings is 1. The fourth-order valence-corrected chi connectivity index (χ4v) is 2.21. The third-order valence-corrected chi connectivity index (χ3v) is 3.21. The Morgan fingerprint density at radius 1 is 1.39 bits per heavy atom. The second-order valence-corrected chi connectivity index (χ2v) is 5.70. The van der Waals surface area contributed by atoms with Crippen LogP contribution >= 0.6 is 0 Å². The Labute approximate surface area is 132 Å². The lowest BCUT2D eigenvalue weighted by Crippen LogP contribution is -2.05. The fourth-order valence-electron chi connectivity index (χ4n) is 2.21. The van der Waals surface area contributed by atoms with Crippen LogP contribution in [0.4, 0.5) is 14.5 Å². The quantitative estimate of drug-likeness (QED) is 0.813. The molecule has 0 saturated heterocycles. The zero-order chi connectivity index (χ0) is 17.0. The van der Waals surface area contributed by atoms with Gasteiger partial charge in [-0.25, -0.2) is 13.6 Å². The molecule has 0 saturated carbocycles. The number of carboxylic acid groups (broad SMARTS) is 1. The average Bonchev–Trinajstić information content (AvgIpc) is 2.87. The van der Waals surface area contributed by atoms with Gasteiger partial charge in [-0.1, -0.05) is 26.0 Å². The van der Waals surface area contributed by atoms with Gasteiger partial charge >= 0.3 is 5.97 Å². The van der Waals surface area contributed by atoms with Crippen LogP contribution in [0.25, 0.3) is 0 Å². The minimum atomic E-state index is -2.67. The number of nitrogens with one attached hydrogen (secondary N) is 1. The number of rotatable bonds is 7. The summed E-state index contributed by atoms with van der Waals surface area (Å²) in [6, 6.07) is 6.35. The van der Waals surface area contributed by atoms with Gasteiger partial charge in [0, 0.05) is 19.3 Å². The first-order valence-corrected chi connectivity index (χ1v) is 7.28. The van der Waals surface area contributed by atoms with Gasteiger partial charge in [-0.3, -0.25) is 4.68 Å². The van der Waals surface area contributed by atoms with Crippen molar-refractivity contribution < 1.29 is 18.7 Å². The molecule has 0 atom stereocenters. The summed E-state index contributed by atoms with van der Waals surface area (Å²) in [5, 5.41) is 15.8. The third kappa shape index (κ3) is 4.51. The van der Waals surface area contributed by atoms with Gasteiger partial charge in [0.05, 0.1) is 11.3 Å². The number of aromatic nitrogens is 2. The minimum absolute atomic E-state index is 0.161. The van der Waals surface area contributed by atoms with Gasteiger partial charge in [0.2, 0.25) is 0 Å². The van der Waals surface area contributed by atoms with Crippen molar-refractivity contribution in [2.45, 2.75) is 33.4 Å². The van der Waals surface area contributed by atoms with E-state index in [1.165, 1.54) is 16.8 Å². The van der Waals surface area contributed by atoms with Crippen LogP contribution in [-0.2, 0) is 13.1 Å². The number of halogens is 2. The van der Waals surface area contributed by atoms with Crippen molar-refractivity contribution in [3.8, 4) is 0 Å². The molecular formula is C16H19F2N3O2. The van der Waals surface area contributed by atoms with Crippen molar-refractivity contribution in [2.75, 3.05) is 5.32 Å². The SMILES string of the molecule is CC(C)Cn1cc(NCc2cccc(C(=O)O)c2)c(C(F)F)n1. The first-order chi connectivity index (χ1) is 10.9. The van der Waals surface area contributed by atoms with E-state index in [0.29, 0.717) is 18.0 Å². The molecule has 0 aliphatic carbocycles. The van der Waals surface area contributed by atoms with E-state index in [1.807, 2.05) is 13.8 Å². The predicted octanol–water partition coefficient (Wildman–Crippen LogP) is 3.79. The van der Waals surface area contributed by atoms with Gasteiger partial charge in [-0.05, 0) is 23.6 Å². The molecular weight excluding hydrogens is 304 g/mol. The molecule has 2 aromatic rings. The second-order valence-electron chi connectivity index (χ2n) is 5.70. The van der Waals surface area contributed by atoms with Crippen LogP contribution in [0.5, 0.6) is 0 Å². The van der Waals surface area contributed by atoms with Gasteiger partial charge < -0.3 is 10.4 Å². The summed E-state index contributed by atoms with van der Waals surface area (Å²) < 4.78 is 27.7. The standard InChI is InChI=1S/C16H19F2N3O2/c1-10(2)8-21-9-13(14(20-21)15(17)18)19-7-11-4-3-5-12(6-11)16(22)23/h3-6,9-10,15,19H,7-8H2,1-2H3,(H,22,23). The van der Waals surface area contributed by atoms with E-state index in [0.717, 1.165) is 0 Å². The maximum Gasteiger partial charge on any atom is 0.335 e. The summed E-state index contributed by atoms with van der Waals surface area (Å²) in [6.45, 7) is 4.76. The Morgan fingerprint density at radius 3 is 2.74 bits per heavy atom. The predicted molar refractivity (Wildman–Crippen MR) is 82.8 cm³/mol. The van der Waals surface area contributed by atoms with Crippen LogP contribution < -0.4 is 5.32 Å². The average molecular weight is 323 g/mol. The van der Waals surface area contributed by atoms with E-state index in [1.54, 1.807) is 18.3 Å². The zero-order valence-corrected chi connectivity index (χ0v) is 13.0. The first kappa shape index (κ1) is 16.9. The highest BCUT2D eigenvalue weighted by atomic mass is 19.3. The summed E-state index contributed by atoms with van der Waals surface area (Å²) in [5.41, 5.74) is 0.831. The van der Waals surface area contributed by atoms with Crippen molar-refractivity contribution in [1.29, 1.82) is 0 Å². The van der Waals surface area contributed by atoms with Crippen LogP contribution in [0.1, 0.15) is 41.9 Å². The van der Waals surface area contributed by atoms with Crippen LogP contribution in [-0.4, -0.2) is 20.9 Å². The number of carbonyl (C=O) groups is 1. The molecule has 2 N–H and O–H groups in total. The summed E-state index contributed by atoms with van der Waals surface area (Å²) >= 11 is 0. The van der Waals surface area contributed by atoms with E-state index in [2.05, 4.69) is 10.4 Å². The Bertz CT molecular complexity index is 684. The smallest absolute Gasteiger partial charge is 0.335 e. The lowest BCUT2D eigenvalue weighted by atomic mass is 10.1. The number of hydrogen-bond donors (Lipinski definition) is 2. The molecule has 124 valence electrons. The lowest BCUT2D eigenvalue weighted by Gasteiger charge is -2.07. The maximum atomic E-state index is 13.1. The Hall–Kier alpha value is -2.44. The molecule has 0 unspecified atom stereocenters. The summed E-state index contributed by atoms with van der Waals surface area (Å²) in [4.78, 5) is 10.9. The van der Waals surface area contributed by atoms with E-state index in [-0.39, 0.29) is 23.5 Å². The second kappa shape index (κ2) is 7.21. The van der Waals surface area contributed by atoms with Gasteiger partial charge in [0.15, 0.2) is 5.69 Å². The number of hydrogen-bond acceptors (Lipinski definition) is 3. The van der Waals surface area contributed by atoms with Crippen LogP contribution in [0.3, 0.4) is 0 Å². The van der Waals surface area contributed by atoms with E-state index in [4.69, 9.17) is 5.11 Å². The molecule has 23 heavy (non-hydrogen) atoms. The molecule has 0 amide bonds. The summed E-state index contributed by atoms with van der Waals surface area (Å²) in [6.07, 6.45) is -1.11. The van der Waals surface area contributed by atoms with Crippen molar-refractivity contribution in [3.05, 3.63) is 47.3 Å². The molecule has 2 rings (SSSR count). The molecule has 0 aliphatic heterocycles. The Kier molecular flexibility index (Phi) is 5.31. The van der Waals surface area contributed by atoms with Gasteiger partial charge in [-0.2, -0.15) is 5.10 Å². The zero-order valence-electron chi connectivity index (χ0n) is 13.0. The molecule has 1 aromatic carbocycles. The molecule has 0 aliphatic rings. The molecule has 0 spiro atoms. The van der Waals surface area contributed by atoms with Crippen LogP contribution in [0, 0.1) is 5.92 Å². The molecule has 1 heterocycles. The van der Waals surface area contributed by atoms with Gasteiger partial charge in [0.25, 0.3) is 6.43 Å². The highest BCUT2D eigenvalue weighted by molar-refractivity contribution is 5.87. The molecule has 0 fully saturated rings. The maximum absolute atomic E-state index is 13.1. The fraction of sp³-hybridized carbons (Fsp3) is 0.375. The summed E-state index contributed by atoms with van der Waals surface area (Å²) in [7, 11) is 0. The topological polar surface area (TPSA) is 67.2 Å². The lowest BCUT2D eigenvalue weighted by molar-refractivity contribution is 0.0696. The first-order valence-electron chi connectivity index (χ1n) is 7.28.